The zero-order chi connectivity index (χ0) is 30.3. The number of benzene rings is 3. The van der Waals surface area contributed by atoms with Gasteiger partial charge >= 0.3 is 0 Å². The van der Waals surface area contributed by atoms with Gasteiger partial charge in [-0.2, -0.15) is 0 Å². The van der Waals surface area contributed by atoms with Gasteiger partial charge in [-0.05, 0) is 74.2 Å². The minimum Gasteiger partial charge on any atom is -0.352 e. The van der Waals surface area contributed by atoms with Crippen molar-refractivity contribution in [3.8, 4) is 0 Å². The van der Waals surface area contributed by atoms with E-state index in [9.17, 15) is 18.0 Å². The summed E-state index contributed by atoms with van der Waals surface area (Å²) in [6.45, 7) is 3.45. The molecule has 3 aromatic carbocycles. The van der Waals surface area contributed by atoms with E-state index in [0.29, 0.717) is 16.5 Å². The van der Waals surface area contributed by atoms with Crippen molar-refractivity contribution < 1.29 is 18.0 Å². The molecule has 1 aliphatic carbocycles. The molecule has 0 spiro atoms. The number of nitrogens with zero attached hydrogens (tertiary/aromatic N) is 2. The SMILES string of the molecule is CC[C@@H](C(=O)NC1CCCCC1)N(Cc1cccc(C)c1)C(=O)CN(c1cccc(Cl)c1)S(=O)(=O)c1ccc(Cl)cc1. The van der Waals surface area contributed by atoms with Crippen LogP contribution in [0.4, 0.5) is 5.69 Å². The van der Waals surface area contributed by atoms with Gasteiger partial charge in [0.25, 0.3) is 10.0 Å². The second kappa shape index (κ2) is 14.4. The summed E-state index contributed by atoms with van der Waals surface area (Å²) in [5.74, 6) is -0.722. The molecule has 0 bridgehead atoms. The van der Waals surface area contributed by atoms with Gasteiger partial charge < -0.3 is 10.2 Å². The fourth-order valence-electron chi connectivity index (χ4n) is 5.36. The lowest BCUT2D eigenvalue weighted by atomic mass is 9.95. The van der Waals surface area contributed by atoms with Gasteiger partial charge in [-0.15, -0.1) is 0 Å². The third-order valence-electron chi connectivity index (χ3n) is 7.55. The Morgan fingerprint density at radius 3 is 2.26 bits per heavy atom. The summed E-state index contributed by atoms with van der Waals surface area (Å²) in [6.07, 6.45) is 5.47. The van der Waals surface area contributed by atoms with E-state index in [4.69, 9.17) is 23.2 Å². The van der Waals surface area contributed by atoms with E-state index in [2.05, 4.69) is 5.32 Å². The van der Waals surface area contributed by atoms with Crippen LogP contribution in [-0.4, -0.2) is 43.8 Å². The van der Waals surface area contributed by atoms with E-state index in [1.54, 1.807) is 18.2 Å². The molecule has 0 unspecified atom stereocenters. The lowest BCUT2D eigenvalue weighted by Gasteiger charge is -2.34. The molecule has 3 aromatic rings. The van der Waals surface area contributed by atoms with E-state index < -0.39 is 28.5 Å². The van der Waals surface area contributed by atoms with Crippen molar-refractivity contribution in [1.82, 2.24) is 10.2 Å². The van der Waals surface area contributed by atoms with Crippen LogP contribution >= 0.6 is 23.2 Å². The van der Waals surface area contributed by atoms with Crippen LogP contribution < -0.4 is 9.62 Å². The van der Waals surface area contributed by atoms with Gasteiger partial charge in [-0.3, -0.25) is 13.9 Å². The molecule has 0 radical (unpaired) electrons. The summed E-state index contributed by atoms with van der Waals surface area (Å²) in [6, 6.07) is 19.1. The number of carbonyl (C=O) groups excluding carboxylic acids is 2. The van der Waals surface area contributed by atoms with Crippen LogP contribution in [0, 0.1) is 6.92 Å². The summed E-state index contributed by atoms with van der Waals surface area (Å²) in [5, 5.41) is 3.87. The Morgan fingerprint density at radius 2 is 1.62 bits per heavy atom. The molecule has 2 amide bonds. The highest BCUT2D eigenvalue weighted by atomic mass is 35.5. The molecule has 7 nitrogen and oxygen atoms in total. The molecule has 1 atom stereocenters. The molecule has 224 valence electrons. The van der Waals surface area contributed by atoms with Crippen LogP contribution in [0.5, 0.6) is 0 Å². The number of sulfonamides is 1. The highest BCUT2D eigenvalue weighted by Crippen LogP contribution is 2.28. The molecule has 1 aliphatic rings. The van der Waals surface area contributed by atoms with Crippen molar-refractivity contribution in [2.75, 3.05) is 10.8 Å². The first-order valence-electron chi connectivity index (χ1n) is 14.3. The van der Waals surface area contributed by atoms with Gasteiger partial charge in [0.2, 0.25) is 11.8 Å². The molecule has 1 saturated carbocycles. The molecule has 0 aliphatic heterocycles. The van der Waals surface area contributed by atoms with Crippen LogP contribution in [0.3, 0.4) is 0 Å². The normalized spacial score (nSPS) is 14.7. The number of aryl methyl sites for hydroxylation is 1. The lowest BCUT2D eigenvalue weighted by molar-refractivity contribution is -0.140. The van der Waals surface area contributed by atoms with Crippen molar-refractivity contribution in [3.63, 3.8) is 0 Å². The molecule has 42 heavy (non-hydrogen) atoms. The Bertz CT molecular complexity index is 1490. The first kappa shape index (κ1) is 31.9. The van der Waals surface area contributed by atoms with Crippen LogP contribution in [0.1, 0.15) is 56.6 Å². The summed E-state index contributed by atoms with van der Waals surface area (Å²) < 4.78 is 28.9. The zero-order valence-electron chi connectivity index (χ0n) is 23.9. The summed E-state index contributed by atoms with van der Waals surface area (Å²) in [4.78, 5) is 29.3. The number of hydrogen-bond acceptors (Lipinski definition) is 4. The second-order valence-electron chi connectivity index (χ2n) is 10.7. The predicted molar refractivity (Wildman–Crippen MR) is 168 cm³/mol. The third-order valence-corrected chi connectivity index (χ3v) is 9.82. The average Bonchev–Trinajstić information content (AvgIpc) is 2.96. The maximum atomic E-state index is 14.2. The Hall–Kier alpha value is -3.07. The van der Waals surface area contributed by atoms with E-state index in [0.717, 1.165) is 47.5 Å². The van der Waals surface area contributed by atoms with Crippen molar-refractivity contribution in [2.24, 2.45) is 0 Å². The number of nitrogens with one attached hydrogen (secondary N) is 1. The van der Waals surface area contributed by atoms with Crippen LogP contribution in [0.2, 0.25) is 10.0 Å². The van der Waals surface area contributed by atoms with Gasteiger partial charge in [-0.25, -0.2) is 8.42 Å². The Kier molecular flexibility index (Phi) is 10.9. The minimum atomic E-state index is -4.20. The number of anilines is 1. The molecule has 0 aromatic heterocycles. The number of halogens is 2. The van der Waals surface area contributed by atoms with Crippen molar-refractivity contribution in [3.05, 3.63) is 94.0 Å². The first-order valence-corrected chi connectivity index (χ1v) is 16.5. The highest BCUT2D eigenvalue weighted by molar-refractivity contribution is 7.92. The standard InChI is InChI=1S/C32H37Cl2N3O4S/c1-3-30(32(39)35-27-12-5-4-6-13-27)36(21-24-10-7-9-23(2)19-24)31(38)22-37(28-14-8-11-26(34)20-28)42(40,41)29-17-15-25(33)16-18-29/h7-11,14-20,27,30H,3-6,12-13,21-22H2,1-2H3,(H,35,39)/t30-/m0/s1. The van der Waals surface area contributed by atoms with Gasteiger partial charge in [0.15, 0.2) is 0 Å². The predicted octanol–water partition coefficient (Wildman–Crippen LogP) is 6.75. The Morgan fingerprint density at radius 1 is 0.929 bits per heavy atom. The maximum absolute atomic E-state index is 14.2. The van der Waals surface area contributed by atoms with Crippen molar-refractivity contribution >= 4 is 50.7 Å². The Labute approximate surface area is 258 Å². The molecular formula is C32H37Cl2N3O4S. The Balaban J connectivity index is 1.71. The van der Waals surface area contributed by atoms with Gasteiger partial charge in [0.1, 0.15) is 12.6 Å². The minimum absolute atomic E-state index is 0.0213. The molecule has 1 fully saturated rings. The monoisotopic (exact) mass is 629 g/mol. The van der Waals surface area contributed by atoms with Crippen LogP contribution in [0.15, 0.2) is 77.7 Å². The van der Waals surface area contributed by atoms with E-state index >= 15 is 0 Å². The number of hydrogen-bond donors (Lipinski definition) is 1. The molecular weight excluding hydrogens is 593 g/mol. The van der Waals surface area contributed by atoms with Crippen LogP contribution in [-0.2, 0) is 26.2 Å². The largest absolute Gasteiger partial charge is 0.352 e. The van der Waals surface area contributed by atoms with Crippen molar-refractivity contribution in [1.29, 1.82) is 0 Å². The fraction of sp³-hybridized carbons (Fsp3) is 0.375. The zero-order valence-corrected chi connectivity index (χ0v) is 26.3. The molecule has 4 rings (SSSR count). The van der Waals surface area contributed by atoms with Gasteiger partial charge in [-0.1, -0.05) is 85.3 Å². The first-order chi connectivity index (χ1) is 20.1. The number of amides is 2. The molecule has 0 heterocycles. The highest BCUT2D eigenvalue weighted by Gasteiger charge is 2.34. The van der Waals surface area contributed by atoms with E-state index in [-0.39, 0.29) is 29.1 Å². The average molecular weight is 631 g/mol. The summed E-state index contributed by atoms with van der Waals surface area (Å²) in [5.41, 5.74) is 2.11. The smallest absolute Gasteiger partial charge is 0.264 e. The topological polar surface area (TPSA) is 86.8 Å². The van der Waals surface area contributed by atoms with E-state index in [1.165, 1.54) is 35.2 Å². The molecule has 1 N–H and O–H groups in total. The molecule has 0 saturated heterocycles. The number of rotatable bonds is 11. The lowest BCUT2D eigenvalue weighted by Crippen LogP contribution is -2.54. The molecule has 10 heteroatoms. The second-order valence-corrected chi connectivity index (χ2v) is 13.5. The van der Waals surface area contributed by atoms with Gasteiger partial charge in [0, 0.05) is 22.6 Å². The van der Waals surface area contributed by atoms with Crippen molar-refractivity contribution in [2.45, 2.75) is 75.9 Å². The summed E-state index contributed by atoms with van der Waals surface area (Å²) in [7, 11) is -4.20. The summed E-state index contributed by atoms with van der Waals surface area (Å²) >= 11 is 12.3. The quantitative estimate of drug-likeness (QED) is 0.254. The van der Waals surface area contributed by atoms with E-state index in [1.807, 2.05) is 38.1 Å². The van der Waals surface area contributed by atoms with Crippen LogP contribution in [0.25, 0.3) is 0 Å². The fourth-order valence-corrected chi connectivity index (χ4v) is 7.08. The number of carbonyl (C=O) groups is 2. The van der Waals surface area contributed by atoms with Gasteiger partial charge in [0.05, 0.1) is 10.6 Å². The maximum Gasteiger partial charge on any atom is 0.264 e. The third kappa shape index (κ3) is 8.06.